The number of esters is 1. The number of carbonyl (C=O) groups excluding carboxylic acids is 1. The lowest BCUT2D eigenvalue weighted by molar-refractivity contribution is -0.397. The minimum Gasteiger partial charge on any atom is -0.432 e. The fourth-order valence-corrected chi connectivity index (χ4v) is 20.5. The Morgan fingerprint density at radius 3 is 1.52 bits per heavy atom. The van der Waals surface area contributed by atoms with Crippen molar-refractivity contribution >= 4 is 5.97 Å². The zero-order valence-corrected chi connectivity index (χ0v) is 61.3. The Morgan fingerprint density at radius 1 is 0.439 bits per heavy atom. The molecule has 0 aromatic heterocycles. The number of hydrogen-bond donors (Lipinski definition) is 21. The van der Waals surface area contributed by atoms with Crippen LogP contribution in [0.15, 0.2) is 11.6 Å². The van der Waals surface area contributed by atoms with Gasteiger partial charge in [-0.25, -0.2) is 0 Å². The lowest BCUT2D eigenvalue weighted by Crippen LogP contribution is -2.67. The van der Waals surface area contributed by atoms with Crippen molar-refractivity contribution in [3.05, 3.63) is 11.6 Å². The first kappa shape index (κ1) is 84.3. The van der Waals surface area contributed by atoms with Crippen LogP contribution in [0.1, 0.15) is 120 Å². The Bertz CT molecular complexity index is 3020. The van der Waals surface area contributed by atoms with E-state index in [1.165, 1.54) is 6.92 Å². The van der Waals surface area contributed by atoms with Crippen LogP contribution in [-0.4, -0.2) is 368 Å². The molecule has 0 aromatic carbocycles. The van der Waals surface area contributed by atoms with Gasteiger partial charge in [0, 0.05) is 0 Å². The Balaban J connectivity index is 0.751. The van der Waals surface area contributed by atoms with Crippen LogP contribution < -0.4 is 0 Å². The summed E-state index contributed by atoms with van der Waals surface area (Å²) in [5, 5.41) is 229. The predicted molar refractivity (Wildman–Crippen MR) is 353 cm³/mol. The maximum absolute atomic E-state index is 15.4. The largest absolute Gasteiger partial charge is 0.432 e. The molecule has 12 rings (SSSR count). The van der Waals surface area contributed by atoms with Crippen molar-refractivity contribution < 1.29 is 178 Å². The summed E-state index contributed by atoms with van der Waals surface area (Å²) in [6, 6.07) is 0. The van der Waals surface area contributed by atoms with Crippen LogP contribution in [0, 0.1) is 50.2 Å². The van der Waals surface area contributed by atoms with Gasteiger partial charge in [0.1, 0.15) is 159 Å². The Morgan fingerprint density at radius 2 is 0.925 bits per heavy atom. The van der Waals surface area contributed by atoms with E-state index in [0.717, 1.165) is 12.0 Å². The number of carbonyl (C=O) groups is 1. The molecule has 21 N–H and O–H groups in total. The van der Waals surface area contributed by atoms with E-state index in [-0.39, 0.29) is 34.0 Å². The average Bonchev–Trinajstić information content (AvgIpc) is 0.679. The smallest absolute Gasteiger partial charge is 0.315 e. The van der Waals surface area contributed by atoms with Crippen LogP contribution in [0.2, 0.25) is 0 Å². The maximum atomic E-state index is 15.4. The maximum Gasteiger partial charge on any atom is 0.315 e. The summed E-state index contributed by atoms with van der Waals surface area (Å²) in [6.07, 6.45) is -52.1. The van der Waals surface area contributed by atoms with E-state index in [1.54, 1.807) is 0 Å². The third-order valence-corrected chi connectivity index (χ3v) is 27.3. The lowest BCUT2D eigenvalue weighted by Gasteiger charge is -2.71. The number of fused-ring (bicyclic) bond motifs is 7. The van der Waals surface area contributed by atoms with Crippen LogP contribution in [0.25, 0.3) is 0 Å². The van der Waals surface area contributed by atoms with E-state index in [4.69, 9.17) is 66.3 Å². The van der Waals surface area contributed by atoms with Crippen molar-refractivity contribution in [2.24, 2.45) is 50.2 Å². The van der Waals surface area contributed by atoms with Gasteiger partial charge < -0.3 is 174 Å². The molecule has 36 nitrogen and oxygen atoms in total. The predicted octanol–water partition coefficient (Wildman–Crippen LogP) is -6.90. The SMILES string of the molecule is C[C@@H]1O[C@@H](O[C@H]2[C@H](O)[C@@H](O)[C@H](OC[C@H]3O[C@@H](OC(=O)[C@]45CCC(C)(C)C[C@H]4C4=CC[C@@H]6[C@@]7(C)CC[C@H](O[C@@H]8OC[C@H](O)[C@H](O[C@@H]9O[C@H](CO)[C@@H](O)[C@H](O[C@@H]%10O[C@H](CO)[C@@H](O)[C@H](O)[C@H]%10O)[C@H]9O)[C@H]8O[C@@H]8O[C@H](CO)[C@@H](O)[C@H](O)[C@H]8O)C(C)(C)[C@@H]7CC[C@@]6(C)[C@]4(C)CC5)[C@H](O)[C@@H](O)[C@@H]3O)O[C@@H]2CO)[C@H](O)[C@H](O)[C@H]1O. The molecule has 7 heterocycles. The molecular formula is C71H116O36. The van der Waals surface area contributed by atoms with Crippen molar-refractivity contribution in [1.29, 1.82) is 0 Å². The molecule has 0 spiro atoms. The van der Waals surface area contributed by atoms with Crippen LogP contribution in [0.4, 0.5) is 0 Å². The minimum absolute atomic E-state index is 0.0347. The highest BCUT2D eigenvalue weighted by Gasteiger charge is 2.71. The number of allylic oxidation sites excluding steroid dienone is 2. The molecule has 5 aliphatic carbocycles. The van der Waals surface area contributed by atoms with E-state index < -0.39 is 277 Å². The molecule has 12 aliphatic rings. The normalized spacial score (nSPS) is 54.2. The summed E-state index contributed by atoms with van der Waals surface area (Å²) in [5.74, 6) is -0.978. The second kappa shape index (κ2) is 32.1. The fraction of sp³-hybridized carbons (Fsp3) is 0.958. The van der Waals surface area contributed by atoms with Gasteiger partial charge in [-0.2, -0.15) is 0 Å². The summed E-state index contributed by atoms with van der Waals surface area (Å²) in [7, 11) is 0. The first-order valence-electron chi connectivity index (χ1n) is 37.6. The second-order valence-electron chi connectivity index (χ2n) is 34.3. The Labute approximate surface area is 618 Å². The molecule has 0 unspecified atom stereocenters. The lowest BCUT2D eigenvalue weighted by atomic mass is 9.33. The summed E-state index contributed by atoms with van der Waals surface area (Å²) < 4.78 is 84.2. The highest BCUT2D eigenvalue weighted by atomic mass is 16.8. The Hall–Kier alpha value is -2.15. The van der Waals surface area contributed by atoms with Gasteiger partial charge in [-0.15, -0.1) is 0 Å². The van der Waals surface area contributed by atoms with Crippen LogP contribution in [0.3, 0.4) is 0 Å². The first-order valence-corrected chi connectivity index (χ1v) is 37.6. The van der Waals surface area contributed by atoms with Crippen molar-refractivity contribution in [2.45, 2.75) is 335 Å². The van der Waals surface area contributed by atoms with Crippen molar-refractivity contribution in [1.82, 2.24) is 0 Å². The van der Waals surface area contributed by atoms with E-state index in [0.29, 0.717) is 57.8 Å². The fourth-order valence-electron chi connectivity index (χ4n) is 20.5. The second-order valence-corrected chi connectivity index (χ2v) is 34.3. The van der Waals surface area contributed by atoms with Crippen LogP contribution in [-0.2, 0) is 71.1 Å². The van der Waals surface area contributed by atoms with Gasteiger partial charge in [0.2, 0.25) is 6.29 Å². The summed E-state index contributed by atoms with van der Waals surface area (Å²) >= 11 is 0. The number of hydrogen-bond acceptors (Lipinski definition) is 36. The van der Waals surface area contributed by atoms with Gasteiger partial charge >= 0.3 is 5.97 Å². The molecule has 7 aliphatic heterocycles. The zero-order chi connectivity index (χ0) is 78.0. The van der Waals surface area contributed by atoms with E-state index >= 15 is 4.79 Å². The molecule has 7 saturated heterocycles. The van der Waals surface area contributed by atoms with Gasteiger partial charge in [-0.1, -0.05) is 60.1 Å². The molecule has 11 fully saturated rings. The van der Waals surface area contributed by atoms with E-state index in [1.807, 2.05) is 0 Å². The monoisotopic (exact) mass is 1540 g/mol. The number of ether oxygens (including phenoxy) is 14. The molecule has 36 heteroatoms. The van der Waals surface area contributed by atoms with Gasteiger partial charge in [0.05, 0.1) is 57.3 Å². The minimum atomic E-state index is -2.08. The molecule has 0 amide bonds. The molecule has 0 bridgehead atoms. The third kappa shape index (κ3) is 14.9. The highest BCUT2D eigenvalue weighted by molar-refractivity contribution is 5.79. The standard InChI is InChI=1S/C71H116O36/c1-26-38(77)43(82)48(87)59(96-26)104-55-33(23-75)100-58(52(91)47(55)86)95-25-34-41(80)46(85)51(90)62(101-34)107-65(93)71-17-15-66(2,3)19-28(71)27-9-10-36-68(6)13-12-37(67(4,5)35(68)11-14-70(36,8)69(27,7)16-18-71)102-64-57(106-61-50(89)45(84)40(79)31(21-73)98-61)54(29(76)24-94-64)103-63-53(92)56(42(81)32(22-74)99-63)105-60-49(88)44(83)39(78)30(20-72)97-60/h9,26,28-64,72-92H,10-25H2,1-8H3/t26-,28-,29-,30+,31+,32+,33+,34+,35-,36+,37-,38-,39+,40+,41+,42+,43+,44-,45-,46-,47+,48+,49+,50+,51+,52+,53+,54-,55+,56-,57+,58+,59-,60-,61-,62-,63-,64-,68-,69+,70+,71-/m0/s1. The van der Waals surface area contributed by atoms with Crippen molar-refractivity contribution in [3.8, 4) is 0 Å². The van der Waals surface area contributed by atoms with Crippen LogP contribution in [0.5, 0.6) is 0 Å². The zero-order valence-electron chi connectivity index (χ0n) is 61.3. The third-order valence-electron chi connectivity index (χ3n) is 27.3. The van der Waals surface area contributed by atoms with Crippen molar-refractivity contribution in [3.63, 3.8) is 0 Å². The molecular weight excluding hydrogens is 1430 g/mol. The highest BCUT2D eigenvalue weighted by Crippen LogP contribution is 2.76. The van der Waals surface area contributed by atoms with E-state index in [2.05, 4.69) is 54.5 Å². The van der Waals surface area contributed by atoms with Gasteiger partial charge in [-0.3, -0.25) is 4.79 Å². The van der Waals surface area contributed by atoms with Gasteiger partial charge in [-0.05, 0) is 116 Å². The quantitative estimate of drug-likeness (QED) is 0.0325. The number of aliphatic hydroxyl groups is 21. The van der Waals surface area contributed by atoms with Gasteiger partial charge in [0.25, 0.3) is 0 Å². The molecule has 107 heavy (non-hydrogen) atoms. The Kier molecular flexibility index (Phi) is 25.3. The molecule has 0 aromatic rings. The molecule has 616 valence electrons. The van der Waals surface area contributed by atoms with Gasteiger partial charge in [0.15, 0.2) is 37.7 Å². The average molecular weight is 1550 g/mol. The van der Waals surface area contributed by atoms with E-state index in [9.17, 15) is 107 Å². The number of aliphatic hydroxyl groups excluding tert-OH is 21. The van der Waals surface area contributed by atoms with Crippen LogP contribution >= 0.6 is 0 Å². The summed E-state index contributed by atoms with van der Waals surface area (Å²) in [5.41, 5.74) is -2.11. The summed E-state index contributed by atoms with van der Waals surface area (Å²) in [4.78, 5) is 15.4. The molecule has 0 radical (unpaired) electrons. The number of rotatable bonds is 19. The topological polar surface area (TPSA) is 571 Å². The molecule has 4 saturated carbocycles. The first-order chi connectivity index (χ1) is 50.3. The van der Waals surface area contributed by atoms with Crippen molar-refractivity contribution in [2.75, 3.05) is 39.6 Å². The molecule has 42 atom stereocenters. The summed E-state index contributed by atoms with van der Waals surface area (Å²) in [6.45, 7) is 12.3.